The van der Waals surface area contributed by atoms with Gasteiger partial charge in [-0.1, -0.05) is 79.7 Å². The molecule has 616 valence electrons. The second kappa shape index (κ2) is 32.5. The molecule has 17 rings (SSSR count). The lowest BCUT2D eigenvalue weighted by molar-refractivity contribution is -0.143. The molecule has 0 spiro atoms. The summed E-state index contributed by atoms with van der Waals surface area (Å²) in [5.41, 5.74) is 13.1. The van der Waals surface area contributed by atoms with Crippen LogP contribution in [-0.2, 0) is 57.2 Å². The lowest BCUT2D eigenvalue weighted by Gasteiger charge is -2.18. The third-order valence-corrected chi connectivity index (χ3v) is 21.9. The van der Waals surface area contributed by atoms with E-state index in [4.69, 9.17) is 0 Å². The molecule has 1 fully saturated rings. The normalized spacial score (nSPS) is 13.0. The van der Waals surface area contributed by atoms with Crippen LogP contribution in [0.3, 0.4) is 0 Å². The monoisotopic (exact) mass is 1640 g/mol. The smallest absolute Gasteiger partial charge is 0.416 e. The number of halogens is 10. The van der Waals surface area contributed by atoms with Gasteiger partial charge in [-0.15, -0.1) is 0 Å². The summed E-state index contributed by atoms with van der Waals surface area (Å²) < 4.78 is 142. The SMILES string of the molecule is CC(C)c1c(CC2(C(=O)O)CC2)c2cc3[nH]ncc3cc2n1-c1cccc(C(F)(F)F)c1.CC(C)c1c(CCC(=O)O)c2cc3[nH]ncc3cc2n1-c1ccc(F)c(F)c1.CC(C)c1c(CCC(=O)O)c2cc3[nH]ncc3cc2n1-c1cccc(C(F)(F)F)c1.CC(C)c1c(CCC(=O)O)c2cc3[nH]ncc3cc2n1-c1cccc(C(F)F)c1. The van der Waals surface area contributed by atoms with Crippen molar-refractivity contribution in [1.82, 2.24) is 59.1 Å². The number of aryl methyl sites for hydroxylation is 3. The number of benzene rings is 8. The van der Waals surface area contributed by atoms with Crippen LogP contribution in [0.2, 0.25) is 0 Å². The van der Waals surface area contributed by atoms with Crippen LogP contribution in [0.5, 0.6) is 0 Å². The van der Waals surface area contributed by atoms with Gasteiger partial charge in [-0.05, 0) is 194 Å². The van der Waals surface area contributed by atoms with Gasteiger partial charge in [0.15, 0.2) is 11.6 Å². The summed E-state index contributed by atoms with van der Waals surface area (Å²) >= 11 is 0. The topological polar surface area (TPSA) is 284 Å². The molecular weight excluding hydrogens is 1560 g/mol. The van der Waals surface area contributed by atoms with E-state index < -0.39 is 70.8 Å². The number of carboxylic acids is 4. The first-order chi connectivity index (χ1) is 56.5. The van der Waals surface area contributed by atoms with Crippen molar-refractivity contribution < 1.29 is 83.5 Å². The Labute approximate surface area is 672 Å². The van der Waals surface area contributed by atoms with Crippen molar-refractivity contribution in [2.24, 2.45) is 5.41 Å². The predicted molar refractivity (Wildman–Crippen MR) is 434 cm³/mol. The highest BCUT2D eigenvalue weighted by Crippen LogP contribution is 2.52. The highest BCUT2D eigenvalue weighted by molar-refractivity contribution is 6.03. The minimum atomic E-state index is -4.46. The van der Waals surface area contributed by atoms with E-state index in [2.05, 4.69) is 40.8 Å². The highest BCUT2D eigenvalue weighted by Gasteiger charge is 2.51. The number of nitrogens with one attached hydrogen (secondary N) is 4. The van der Waals surface area contributed by atoms with E-state index in [-0.39, 0.29) is 54.9 Å². The quantitative estimate of drug-likeness (QED) is 0.0312. The average molecular weight is 1640 g/mol. The van der Waals surface area contributed by atoms with Crippen LogP contribution in [0.1, 0.15) is 179 Å². The molecule has 30 heteroatoms. The first kappa shape index (κ1) is 82.5. The molecule has 0 unspecified atom stereocenters. The van der Waals surface area contributed by atoms with E-state index in [0.29, 0.717) is 54.9 Å². The Morgan fingerprint density at radius 3 is 1.01 bits per heavy atom. The molecule has 16 aromatic rings. The Morgan fingerprint density at radius 1 is 0.403 bits per heavy atom. The number of aromatic amines is 4. The first-order valence-corrected chi connectivity index (χ1v) is 38.6. The molecule has 1 saturated carbocycles. The number of aromatic nitrogens is 12. The Hall–Kier alpha value is -13.0. The first-order valence-electron chi connectivity index (χ1n) is 38.6. The molecule has 0 amide bonds. The van der Waals surface area contributed by atoms with Gasteiger partial charge in [0.2, 0.25) is 0 Å². The maximum Gasteiger partial charge on any atom is 0.416 e. The molecular formula is C89H82F10N12O8. The number of nitrogens with zero attached hydrogens (tertiary/aromatic N) is 8. The summed E-state index contributed by atoms with van der Waals surface area (Å²) in [5.74, 6) is -5.30. The van der Waals surface area contributed by atoms with Gasteiger partial charge in [0.1, 0.15) is 0 Å². The van der Waals surface area contributed by atoms with Crippen molar-refractivity contribution in [3.05, 3.63) is 238 Å². The third-order valence-electron chi connectivity index (χ3n) is 21.9. The van der Waals surface area contributed by atoms with Crippen molar-refractivity contribution >= 4 is 111 Å². The number of fused-ring (bicyclic) bond motifs is 8. The fourth-order valence-electron chi connectivity index (χ4n) is 16.5. The van der Waals surface area contributed by atoms with E-state index in [1.165, 1.54) is 36.4 Å². The molecule has 1 aliphatic rings. The van der Waals surface area contributed by atoms with Crippen LogP contribution in [0, 0.1) is 17.0 Å². The van der Waals surface area contributed by atoms with Gasteiger partial charge in [0.05, 0.1) is 85.5 Å². The molecule has 8 aromatic heterocycles. The van der Waals surface area contributed by atoms with Gasteiger partial charge in [-0.2, -0.15) is 46.7 Å². The van der Waals surface area contributed by atoms with Crippen molar-refractivity contribution in [2.45, 2.75) is 156 Å². The molecule has 0 saturated heterocycles. The van der Waals surface area contributed by atoms with Gasteiger partial charge < -0.3 is 38.7 Å². The molecule has 8 N–H and O–H groups in total. The largest absolute Gasteiger partial charge is 0.481 e. The zero-order valence-electron chi connectivity index (χ0n) is 65.6. The molecule has 119 heavy (non-hydrogen) atoms. The third kappa shape index (κ3) is 16.3. The molecule has 20 nitrogen and oxygen atoms in total. The minimum absolute atomic E-state index is 0.00306. The average Bonchev–Trinajstić information content (AvgIpc) is 1.58. The summed E-state index contributed by atoms with van der Waals surface area (Å²) in [6, 6.07) is 36.1. The number of aliphatic carboxylic acids is 4. The van der Waals surface area contributed by atoms with Gasteiger partial charge >= 0.3 is 36.2 Å². The number of hydrogen-bond donors (Lipinski definition) is 8. The standard InChI is InChI=1S/C24H22F3N3O2.C22H20F3N3O2.C22H21F2N3O2.C21H19F2N3O2/c1-13(2)21-18(11-23(6-7-23)22(31)32)17-10-19-14(12-28-29-19)8-20(17)30(21)16-5-3-4-15(9-16)24(25,26)27;1-12(2)21-16(6-7-20(29)30)17-10-18-13(11-26-27-18)8-19(17)28(21)15-5-3-4-14(9-15)22(23,24)25;1-12(2)21-16(6-7-20(28)29)17-10-18-14(11-25-26-18)9-19(17)27(21)15-5-3-4-13(8-15)22(23)24;1-11(2)21-14(4-6-20(27)28)15-9-18-12(10-24-25-18)7-19(15)26(21)13-3-5-16(22)17(23)8-13/h3-5,8-10,12-13H,6-7,11H2,1-2H3,(H,28,29)(H,31,32);3-5,8-12H,6-7H2,1-2H3,(H,26,27)(H,29,30);3-5,8-12,22H,6-7H2,1-2H3,(H,25,26)(H,28,29);3,5,7-11H,4,6H2,1-2H3,(H,24,25)(H,27,28). The minimum Gasteiger partial charge on any atom is -0.481 e. The number of carboxylic acid groups (broad SMARTS) is 4. The highest BCUT2D eigenvalue weighted by atomic mass is 19.4. The maximum atomic E-state index is 14.0. The molecule has 0 bridgehead atoms. The van der Waals surface area contributed by atoms with Crippen molar-refractivity contribution in [3.8, 4) is 22.7 Å². The van der Waals surface area contributed by atoms with E-state index in [1.807, 2.05) is 122 Å². The lowest BCUT2D eigenvalue weighted by atomic mass is 9.91. The molecule has 1 aliphatic carbocycles. The zero-order chi connectivity index (χ0) is 85.2. The fraction of sp³-hybridized carbons (Fsp3) is 0.281. The molecule has 0 atom stereocenters. The Bertz CT molecular complexity index is 6600. The summed E-state index contributed by atoms with van der Waals surface area (Å²) in [7, 11) is 0. The second-order valence-electron chi connectivity index (χ2n) is 31.3. The molecule has 8 aromatic carbocycles. The van der Waals surface area contributed by atoms with Gasteiger partial charge in [0.25, 0.3) is 6.43 Å². The number of rotatable bonds is 21. The zero-order valence-corrected chi connectivity index (χ0v) is 65.6. The fourth-order valence-corrected chi connectivity index (χ4v) is 16.5. The Kier molecular flexibility index (Phi) is 22.5. The number of H-pyrrole nitrogens is 4. The van der Waals surface area contributed by atoms with Gasteiger partial charge in [-0.3, -0.25) is 39.6 Å². The Balaban J connectivity index is 0.000000130. The summed E-state index contributed by atoms with van der Waals surface area (Å²) in [6.07, 6.45) is -2.29. The van der Waals surface area contributed by atoms with E-state index in [0.717, 1.165) is 163 Å². The summed E-state index contributed by atoms with van der Waals surface area (Å²) in [5, 5.41) is 72.3. The maximum absolute atomic E-state index is 14.0. The van der Waals surface area contributed by atoms with Gasteiger partial charge in [0, 0.05) is 120 Å². The van der Waals surface area contributed by atoms with Crippen molar-refractivity contribution in [3.63, 3.8) is 0 Å². The van der Waals surface area contributed by atoms with E-state index in [1.54, 1.807) is 49.1 Å². The second-order valence-corrected chi connectivity index (χ2v) is 31.3. The van der Waals surface area contributed by atoms with Gasteiger partial charge in [-0.25, -0.2) is 17.6 Å². The van der Waals surface area contributed by atoms with Crippen molar-refractivity contribution in [1.29, 1.82) is 0 Å². The van der Waals surface area contributed by atoms with Crippen LogP contribution >= 0.6 is 0 Å². The van der Waals surface area contributed by atoms with Crippen LogP contribution in [0.15, 0.2) is 164 Å². The van der Waals surface area contributed by atoms with E-state index in [9.17, 15) is 83.5 Å². The molecule has 8 heterocycles. The summed E-state index contributed by atoms with van der Waals surface area (Å²) in [4.78, 5) is 45.7. The Morgan fingerprint density at radius 2 is 0.714 bits per heavy atom. The van der Waals surface area contributed by atoms with Crippen LogP contribution in [0.4, 0.5) is 43.9 Å². The molecule has 0 aliphatic heterocycles. The number of hydrogen-bond acceptors (Lipinski definition) is 8. The summed E-state index contributed by atoms with van der Waals surface area (Å²) in [6.45, 7) is 15.9. The van der Waals surface area contributed by atoms with Crippen molar-refractivity contribution in [2.75, 3.05) is 0 Å². The number of alkyl halides is 8. The van der Waals surface area contributed by atoms with Crippen LogP contribution in [0.25, 0.3) is 110 Å². The van der Waals surface area contributed by atoms with Crippen LogP contribution < -0.4 is 0 Å². The predicted octanol–water partition coefficient (Wildman–Crippen LogP) is 22.2. The number of carbonyl (C=O) groups is 4. The van der Waals surface area contributed by atoms with E-state index >= 15 is 0 Å². The molecule has 0 radical (unpaired) electrons. The lowest BCUT2D eigenvalue weighted by Crippen LogP contribution is -2.18. The van der Waals surface area contributed by atoms with Crippen LogP contribution in [-0.4, -0.2) is 103 Å².